The summed E-state index contributed by atoms with van der Waals surface area (Å²) in [6.07, 6.45) is 9.87. The number of anilines is 1. The number of hydrogen-bond donors (Lipinski definition) is 4. The highest BCUT2D eigenvalue weighted by molar-refractivity contribution is 7.86. The van der Waals surface area contributed by atoms with Gasteiger partial charge in [0.1, 0.15) is 46.0 Å². The Morgan fingerprint density at radius 2 is 0.593 bits per heavy atom. The molecule has 0 radical (unpaired) electrons. The molecule has 2 heterocycles. The highest BCUT2D eigenvalue weighted by Gasteiger charge is 2.42. The molecule has 0 bridgehead atoms. The Morgan fingerprint density at radius 1 is 0.324 bits per heavy atom. The minimum Gasteiger partial charge on any atom is -0.457 e. The van der Waals surface area contributed by atoms with E-state index < -0.39 is 83.7 Å². The molecule has 108 heavy (non-hydrogen) atoms. The second-order valence-electron chi connectivity index (χ2n) is 27.9. The second-order valence-corrected chi connectivity index (χ2v) is 33.6. The molecular formula is C82H70N2O20S4. The highest BCUT2D eigenvalue weighted by atomic mass is 32.2. The maximum absolute atomic E-state index is 16.1. The highest BCUT2D eigenvalue weighted by Crippen LogP contribution is 2.58. The molecule has 4 N–H and O–H groups in total. The van der Waals surface area contributed by atoms with Crippen LogP contribution in [0.2, 0.25) is 0 Å². The summed E-state index contributed by atoms with van der Waals surface area (Å²) in [5, 5.41) is 4.47. The lowest BCUT2D eigenvalue weighted by molar-refractivity contribution is 0.0606. The van der Waals surface area contributed by atoms with E-state index in [9.17, 15) is 51.9 Å². The van der Waals surface area contributed by atoms with Gasteiger partial charge >= 0.3 is 0 Å². The topological polar surface area (TPSA) is 329 Å². The van der Waals surface area contributed by atoms with Crippen molar-refractivity contribution in [1.29, 1.82) is 0 Å². The lowest BCUT2D eigenvalue weighted by Gasteiger charge is -2.33. The Hall–Kier alpha value is -10.7. The maximum atomic E-state index is 16.1. The lowest BCUT2D eigenvalue weighted by Crippen LogP contribution is -2.42. The molecule has 0 aromatic heterocycles. The van der Waals surface area contributed by atoms with Crippen LogP contribution >= 0.6 is 0 Å². The van der Waals surface area contributed by atoms with Crippen molar-refractivity contribution in [2.24, 2.45) is 0 Å². The quantitative estimate of drug-likeness (QED) is 0.0129. The van der Waals surface area contributed by atoms with E-state index in [1.165, 1.54) is 90.5 Å². The van der Waals surface area contributed by atoms with E-state index in [0.717, 1.165) is 98.4 Å². The molecule has 0 spiro atoms. The maximum Gasteiger partial charge on any atom is 0.294 e. The summed E-state index contributed by atoms with van der Waals surface area (Å²) in [5.74, 6) is -3.06. The number of carbonyl (C=O) groups excluding carboxylic acids is 4. The minimum atomic E-state index is -4.73. The zero-order valence-electron chi connectivity index (χ0n) is 58.9. The number of unbranched alkanes of at least 4 members (excludes halogenated alkanes) is 9. The Morgan fingerprint density at radius 3 is 0.861 bits per heavy atom. The van der Waals surface area contributed by atoms with Crippen LogP contribution in [0.5, 0.6) is 46.0 Å². The summed E-state index contributed by atoms with van der Waals surface area (Å²) in [6, 6.07) is 38.3. The van der Waals surface area contributed by atoms with Gasteiger partial charge in [-0.1, -0.05) is 135 Å². The monoisotopic (exact) mass is 1530 g/mol. The van der Waals surface area contributed by atoms with Crippen molar-refractivity contribution in [3.05, 3.63) is 197 Å². The van der Waals surface area contributed by atoms with Gasteiger partial charge in [0.05, 0.1) is 47.5 Å². The molecule has 2 aliphatic heterocycles. The molecule has 22 nitrogen and oxygen atoms in total. The molecule has 0 unspecified atom stereocenters. The molecular weight excluding hydrogens is 1460 g/mol. The fourth-order valence-electron chi connectivity index (χ4n) is 15.4. The van der Waals surface area contributed by atoms with Gasteiger partial charge in [0.15, 0.2) is 0 Å². The van der Waals surface area contributed by atoms with E-state index in [-0.39, 0.29) is 130 Å². The number of rotatable bonds is 26. The van der Waals surface area contributed by atoms with Gasteiger partial charge in [0.25, 0.3) is 64.1 Å². The number of nitrogens with zero attached hydrogens (tertiary/aromatic N) is 2. The van der Waals surface area contributed by atoms with E-state index in [0.29, 0.717) is 55.6 Å². The Balaban J connectivity index is 1.06. The first kappa shape index (κ1) is 72.9. The first-order valence-corrected chi connectivity index (χ1v) is 41.0. The molecule has 0 fully saturated rings. The molecule has 15 rings (SSSR count). The fraction of sp³-hybridized carbons (Fsp3) is 0.220. The summed E-state index contributed by atoms with van der Waals surface area (Å²) in [4.78, 5) is 63.8. The average Bonchev–Trinajstić information content (AvgIpc) is 0.670. The molecule has 552 valence electrons. The van der Waals surface area contributed by atoms with Crippen LogP contribution in [0.4, 0.5) is 5.69 Å². The third kappa shape index (κ3) is 12.8. The van der Waals surface area contributed by atoms with Crippen molar-refractivity contribution in [3.8, 4) is 46.0 Å². The van der Waals surface area contributed by atoms with E-state index in [4.69, 9.17) is 18.9 Å². The van der Waals surface area contributed by atoms with Gasteiger partial charge < -0.3 is 18.9 Å². The third-order valence-electron chi connectivity index (χ3n) is 20.4. The van der Waals surface area contributed by atoms with E-state index in [2.05, 4.69) is 6.92 Å². The molecule has 0 atom stereocenters. The van der Waals surface area contributed by atoms with Gasteiger partial charge in [0.2, 0.25) is 0 Å². The van der Waals surface area contributed by atoms with Crippen molar-refractivity contribution in [1.82, 2.24) is 4.90 Å². The van der Waals surface area contributed by atoms with Crippen LogP contribution in [0.3, 0.4) is 0 Å². The Labute approximate surface area is 621 Å². The molecule has 0 aliphatic carbocycles. The SMILES string of the molecule is CCCCCCCCCCCCN1C(=O)c2cc(Oc3ccc(S(=O)(=O)O)cc3)c3c4ccc5c6c(Oc7ccc(S(=O)(=O)O)cc7)cc7c8c(cc(Oc9ccc(S(=O)(=O)O)cc9)c(c9ccc(c%10c(Oc%11ccc(S(=O)(=O)O)cc%11)cc(c2c3%10)C1=O)c4c59)c86)C(=O)N(c1c(C(C)C)cccc1C(C)C)C7=O. The number of para-hydroxylation sites is 1. The van der Waals surface area contributed by atoms with Crippen LogP contribution in [0, 0.1) is 0 Å². The van der Waals surface area contributed by atoms with Gasteiger partial charge in [-0.05, 0) is 183 Å². The van der Waals surface area contributed by atoms with Gasteiger partial charge in [-0.2, -0.15) is 33.7 Å². The van der Waals surface area contributed by atoms with Crippen LogP contribution in [0.15, 0.2) is 183 Å². The zero-order valence-corrected chi connectivity index (χ0v) is 62.1. The second kappa shape index (κ2) is 27.5. The van der Waals surface area contributed by atoms with Crippen molar-refractivity contribution in [2.45, 2.75) is 130 Å². The largest absolute Gasteiger partial charge is 0.457 e. The normalized spacial score (nSPS) is 13.8. The molecule has 0 saturated heterocycles. The molecule has 2 aliphatic rings. The first-order chi connectivity index (χ1) is 51.4. The molecule has 4 amide bonds. The van der Waals surface area contributed by atoms with Crippen molar-refractivity contribution < 1.29 is 90.0 Å². The van der Waals surface area contributed by atoms with Gasteiger partial charge in [-0.3, -0.25) is 42.3 Å². The predicted octanol–water partition coefficient (Wildman–Crippen LogP) is 19.4. The number of ether oxygens (including phenoxy) is 4. The van der Waals surface area contributed by atoms with Crippen LogP contribution in [-0.2, 0) is 40.5 Å². The fourth-order valence-corrected chi connectivity index (χ4v) is 17.4. The number of carbonyl (C=O) groups is 4. The van der Waals surface area contributed by atoms with E-state index in [1.54, 1.807) is 24.3 Å². The molecule has 0 saturated carbocycles. The number of fused-ring (bicyclic) bond motifs is 4. The van der Waals surface area contributed by atoms with Crippen LogP contribution < -0.4 is 23.8 Å². The standard InChI is InChI=1S/C82H70N2O20S4/c1-6-7-8-9-10-11-12-13-14-15-39-83-79(85)60-40-64(101-46-19-27-50(28-20-46)105(89,90)91)72-56-35-37-58-69-59(38-36-57(68(56)69)73-65(41-61(80(83)86)70(60)76(72)73)102-47-21-29-51(30-22-47)106(92,93)94)75-67(104-49-25-33-53(34-26-49)108(98,99)100)43-63-71-62(42-66(74(58)77(71)75)103-48-23-31-52(32-24-48)107(95,96)97)81(87)84(82(63)88)78-54(44(2)3)17-16-18-55(78)45(4)5/h16-38,40-45H,6-15,39H2,1-5H3,(H,89,90,91)(H,92,93,94)(H,95,96,97)(H,98,99,100). The molecule has 13 aromatic rings. The van der Waals surface area contributed by atoms with Crippen LogP contribution in [0.1, 0.15) is 163 Å². The van der Waals surface area contributed by atoms with Crippen LogP contribution in [-0.4, -0.2) is 87.0 Å². The number of hydrogen-bond acceptors (Lipinski definition) is 16. The lowest BCUT2D eigenvalue weighted by atomic mass is 9.79. The minimum absolute atomic E-state index is 0.00170. The average molecular weight is 1530 g/mol. The Bertz CT molecular complexity index is 6070. The summed E-state index contributed by atoms with van der Waals surface area (Å²) in [7, 11) is -18.9. The predicted molar refractivity (Wildman–Crippen MR) is 410 cm³/mol. The van der Waals surface area contributed by atoms with Crippen molar-refractivity contribution in [3.63, 3.8) is 0 Å². The van der Waals surface area contributed by atoms with Gasteiger partial charge in [-0.15, -0.1) is 0 Å². The summed E-state index contributed by atoms with van der Waals surface area (Å²) >= 11 is 0. The van der Waals surface area contributed by atoms with Crippen LogP contribution in [0.25, 0.3) is 75.4 Å². The first-order valence-electron chi connectivity index (χ1n) is 35.3. The summed E-state index contributed by atoms with van der Waals surface area (Å²) < 4.78 is 168. The van der Waals surface area contributed by atoms with Gasteiger partial charge in [0, 0.05) is 49.6 Å². The Kier molecular flexibility index (Phi) is 18.6. The number of benzene rings is 13. The third-order valence-corrected chi connectivity index (χ3v) is 23.9. The summed E-state index contributed by atoms with van der Waals surface area (Å²) in [5.41, 5.74) is 1.84. The van der Waals surface area contributed by atoms with E-state index >= 15 is 19.2 Å². The smallest absolute Gasteiger partial charge is 0.294 e. The number of imide groups is 2. The number of amides is 4. The van der Waals surface area contributed by atoms with E-state index in [1.807, 2.05) is 45.9 Å². The summed E-state index contributed by atoms with van der Waals surface area (Å²) in [6.45, 7) is 9.98. The van der Waals surface area contributed by atoms with Crippen molar-refractivity contribution in [2.75, 3.05) is 11.4 Å². The molecule has 26 heteroatoms. The van der Waals surface area contributed by atoms with Crippen molar-refractivity contribution >= 4 is 145 Å². The zero-order chi connectivity index (χ0) is 76.4. The van der Waals surface area contributed by atoms with Gasteiger partial charge in [-0.25, -0.2) is 4.90 Å². The molecule has 13 aromatic carbocycles.